The monoisotopic (exact) mass is 300 g/mol. The molecule has 0 bridgehead atoms. The van der Waals surface area contributed by atoms with Crippen LogP contribution in [0.25, 0.3) is 0 Å². The van der Waals surface area contributed by atoms with Gasteiger partial charge in [-0.25, -0.2) is 0 Å². The summed E-state index contributed by atoms with van der Waals surface area (Å²) in [6.45, 7) is 3.15. The Balaban J connectivity index is 1.91. The smallest absolute Gasteiger partial charge is 0.229 e. The standard InChI is InChI=1S/C14H24N2O3S/c1-11-6-7-12(19-11)9-16-13(17)5-3-2-4-8-15-14(18)10-20/h6,12,20H,2-5,7-10H2,1H3,(H,15,18)(H,16,17). The van der Waals surface area contributed by atoms with Crippen LogP contribution < -0.4 is 10.6 Å². The van der Waals surface area contributed by atoms with Gasteiger partial charge in [-0.2, -0.15) is 12.6 Å². The second-order valence-corrected chi connectivity index (χ2v) is 5.23. The van der Waals surface area contributed by atoms with Crippen molar-refractivity contribution in [3.63, 3.8) is 0 Å². The van der Waals surface area contributed by atoms with E-state index in [-0.39, 0.29) is 23.7 Å². The minimum absolute atomic E-state index is 0.0495. The summed E-state index contributed by atoms with van der Waals surface area (Å²) < 4.78 is 5.50. The van der Waals surface area contributed by atoms with Gasteiger partial charge in [0.15, 0.2) is 0 Å². The first-order valence-corrected chi connectivity index (χ1v) is 7.72. The molecule has 1 aliphatic heterocycles. The van der Waals surface area contributed by atoms with Crippen molar-refractivity contribution in [3.8, 4) is 0 Å². The first-order chi connectivity index (χ1) is 9.61. The molecule has 6 heteroatoms. The van der Waals surface area contributed by atoms with E-state index in [2.05, 4.69) is 23.3 Å². The van der Waals surface area contributed by atoms with Gasteiger partial charge in [0.2, 0.25) is 11.8 Å². The number of thiol groups is 1. The quantitative estimate of drug-likeness (QED) is 0.445. The van der Waals surface area contributed by atoms with E-state index in [0.717, 1.165) is 31.4 Å². The summed E-state index contributed by atoms with van der Waals surface area (Å²) in [5.74, 6) is 1.18. The summed E-state index contributed by atoms with van der Waals surface area (Å²) in [6.07, 6.45) is 6.19. The number of carbonyl (C=O) groups is 2. The molecule has 2 N–H and O–H groups in total. The highest BCUT2D eigenvalue weighted by molar-refractivity contribution is 7.81. The van der Waals surface area contributed by atoms with E-state index >= 15 is 0 Å². The summed E-state index contributed by atoms with van der Waals surface area (Å²) in [5, 5.41) is 5.63. The summed E-state index contributed by atoms with van der Waals surface area (Å²) in [5.41, 5.74) is 0. The van der Waals surface area contributed by atoms with E-state index in [1.807, 2.05) is 13.0 Å². The average Bonchev–Trinajstić information content (AvgIpc) is 2.85. The predicted molar refractivity (Wildman–Crippen MR) is 81.6 cm³/mol. The molecule has 2 amide bonds. The normalized spacial score (nSPS) is 17.3. The fraction of sp³-hybridized carbons (Fsp3) is 0.714. The van der Waals surface area contributed by atoms with Crippen LogP contribution in [0.5, 0.6) is 0 Å². The molecule has 0 aromatic rings. The largest absolute Gasteiger partial charge is 0.493 e. The predicted octanol–water partition coefficient (Wildman–Crippen LogP) is 1.40. The third-order valence-corrected chi connectivity index (χ3v) is 3.38. The molecule has 1 unspecified atom stereocenters. The number of hydrogen-bond acceptors (Lipinski definition) is 4. The average molecular weight is 300 g/mol. The fourth-order valence-corrected chi connectivity index (χ4v) is 2.08. The van der Waals surface area contributed by atoms with Gasteiger partial charge in [-0.3, -0.25) is 9.59 Å². The van der Waals surface area contributed by atoms with Crippen LogP contribution in [0.4, 0.5) is 0 Å². The maximum absolute atomic E-state index is 11.6. The van der Waals surface area contributed by atoms with Crippen LogP contribution in [-0.4, -0.2) is 36.8 Å². The van der Waals surface area contributed by atoms with Gasteiger partial charge in [0.1, 0.15) is 6.10 Å². The number of nitrogens with one attached hydrogen (secondary N) is 2. The van der Waals surface area contributed by atoms with Crippen molar-refractivity contribution < 1.29 is 14.3 Å². The Kier molecular flexibility index (Phi) is 8.18. The van der Waals surface area contributed by atoms with Crippen LogP contribution in [0, 0.1) is 0 Å². The van der Waals surface area contributed by atoms with E-state index in [4.69, 9.17) is 4.74 Å². The number of carbonyl (C=O) groups excluding carboxylic acids is 2. The summed E-state index contributed by atoms with van der Waals surface area (Å²) in [6, 6.07) is 0. The molecule has 0 fully saturated rings. The van der Waals surface area contributed by atoms with E-state index in [1.54, 1.807) is 0 Å². The lowest BCUT2D eigenvalue weighted by molar-refractivity contribution is -0.122. The molecule has 1 aliphatic rings. The minimum Gasteiger partial charge on any atom is -0.493 e. The third-order valence-electron chi connectivity index (χ3n) is 3.09. The van der Waals surface area contributed by atoms with Crippen LogP contribution in [0.2, 0.25) is 0 Å². The molecule has 0 spiro atoms. The Morgan fingerprint density at radius 1 is 1.30 bits per heavy atom. The Morgan fingerprint density at radius 2 is 2.10 bits per heavy atom. The van der Waals surface area contributed by atoms with Gasteiger partial charge in [-0.15, -0.1) is 0 Å². The van der Waals surface area contributed by atoms with E-state index < -0.39 is 0 Å². The summed E-state index contributed by atoms with van der Waals surface area (Å²) >= 11 is 3.87. The molecule has 0 aromatic carbocycles. The lowest BCUT2D eigenvalue weighted by Gasteiger charge is -2.12. The Morgan fingerprint density at radius 3 is 2.75 bits per heavy atom. The molecule has 0 saturated carbocycles. The van der Waals surface area contributed by atoms with Gasteiger partial charge in [-0.05, 0) is 25.8 Å². The van der Waals surface area contributed by atoms with Crippen LogP contribution in [0.1, 0.15) is 39.0 Å². The van der Waals surface area contributed by atoms with Crippen molar-refractivity contribution in [2.24, 2.45) is 0 Å². The van der Waals surface area contributed by atoms with Crippen molar-refractivity contribution >= 4 is 24.4 Å². The van der Waals surface area contributed by atoms with Gasteiger partial charge in [0.05, 0.1) is 18.1 Å². The maximum atomic E-state index is 11.6. The van der Waals surface area contributed by atoms with Crippen molar-refractivity contribution in [1.29, 1.82) is 0 Å². The zero-order valence-electron chi connectivity index (χ0n) is 12.0. The highest BCUT2D eigenvalue weighted by atomic mass is 32.1. The molecule has 0 saturated heterocycles. The number of hydrogen-bond donors (Lipinski definition) is 3. The fourth-order valence-electron chi connectivity index (χ4n) is 1.97. The maximum Gasteiger partial charge on any atom is 0.229 e. The number of allylic oxidation sites excluding steroid dienone is 1. The SMILES string of the molecule is CC1=CCC(CNC(=O)CCCCCNC(=O)CS)O1. The molecule has 1 atom stereocenters. The summed E-state index contributed by atoms with van der Waals surface area (Å²) in [7, 11) is 0. The van der Waals surface area contributed by atoms with Crippen molar-refractivity contribution in [2.75, 3.05) is 18.8 Å². The van der Waals surface area contributed by atoms with Crippen LogP contribution in [0.3, 0.4) is 0 Å². The highest BCUT2D eigenvalue weighted by Gasteiger charge is 2.15. The zero-order chi connectivity index (χ0) is 14.8. The molecule has 0 aliphatic carbocycles. The van der Waals surface area contributed by atoms with E-state index in [9.17, 15) is 9.59 Å². The van der Waals surface area contributed by atoms with Crippen LogP contribution in [-0.2, 0) is 14.3 Å². The number of ether oxygens (including phenoxy) is 1. The van der Waals surface area contributed by atoms with Crippen LogP contribution >= 0.6 is 12.6 Å². The Bertz CT molecular complexity index is 358. The van der Waals surface area contributed by atoms with E-state index in [1.165, 1.54) is 0 Å². The van der Waals surface area contributed by atoms with Crippen molar-refractivity contribution in [2.45, 2.75) is 45.1 Å². The lowest BCUT2D eigenvalue weighted by atomic mass is 10.2. The highest BCUT2D eigenvalue weighted by Crippen LogP contribution is 2.15. The molecule has 1 heterocycles. The second-order valence-electron chi connectivity index (χ2n) is 4.91. The molecule has 114 valence electrons. The van der Waals surface area contributed by atoms with Crippen LogP contribution in [0.15, 0.2) is 11.8 Å². The summed E-state index contributed by atoms with van der Waals surface area (Å²) in [4.78, 5) is 22.5. The van der Waals surface area contributed by atoms with Gasteiger partial charge in [0.25, 0.3) is 0 Å². The van der Waals surface area contributed by atoms with Gasteiger partial charge >= 0.3 is 0 Å². The molecular formula is C14H24N2O3S. The van der Waals surface area contributed by atoms with Gasteiger partial charge < -0.3 is 15.4 Å². The first kappa shape index (κ1) is 16.9. The van der Waals surface area contributed by atoms with Crippen molar-refractivity contribution in [3.05, 3.63) is 11.8 Å². The number of unbranched alkanes of at least 4 members (excludes halogenated alkanes) is 2. The molecule has 20 heavy (non-hydrogen) atoms. The zero-order valence-corrected chi connectivity index (χ0v) is 12.9. The van der Waals surface area contributed by atoms with E-state index in [0.29, 0.717) is 19.5 Å². The molecule has 0 radical (unpaired) electrons. The van der Waals surface area contributed by atoms with Crippen molar-refractivity contribution in [1.82, 2.24) is 10.6 Å². The lowest BCUT2D eigenvalue weighted by Crippen LogP contribution is -2.31. The first-order valence-electron chi connectivity index (χ1n) is 7.09. The second kappa shape index (κ2) is 9.69. The number of amides is 2. The third kappa shape index (κ3) is 7.43. The van der Waals surface area contributed by atoms with Gasteiger partial charge in [0, 0.05) is 19.4 Å². The number of rotatable bonds is 9. The molecular weight excluding hydrogens is 276 g/mol. The topological polar surface area (TPSA) is 67.4 Å². The van der Waals surface area contributed by atoms with Gasteiger partial charge in [-0.1, -0.05) is 6.42 Å². The molecule has 5 nitrogen and oxygen atoms in total. The Labute approximate surface area is 125 Å². The minimum atomic E-state index is -0.0495. The molecule has 0 aromatic heterocycles. The molecule has 1 rings (SSSR count). The Hall–Kier alpha value is -1.17.